The van der Waals surface area contributed by atoms with Gasteiger partial charge in [0, 0.05) is 10.8 Å². The second-order valence-corrected chi connectivity index (χ2v) is 14.6. The summed E-state index contributed by atoms with van der Waals surface area (Å²) < 4.78 is 98.3. The number of phenolic OH excluding ortho intramolecular Hbond substituents is 1. The van der Waals surface area contributed by atoms with Gasteiger partial charge in [-0.15, -0.1) is 14.6 Å². The number of nitrogens with two attached hydrogens (primary N) is 1. The summed E-state index contributed by atoms with van der Waals surface area (Å²) in [6.45, 7) is 1.03. The van der Waals surface area contributed by atoms with Gasteiger partial charge in [0.15, 0.2) is 15.6 Å². The van der Waals surface area contributed by atoms with Gasteiger partial charge >= 0.3 is 10.4 Å². The molecular formula is C25H23N5O13S4. The van der Waals surface area contributed by atoms with E-state index in [2.05, 4.69) is 34.0 Å². The van der Waals surface area contributed by atoms with Crippen LogP contribution in [0, 0.1) is 6.92 Å². The van der Waals surface area contributed by atoms with E-state index in [-0.39, 0.29) is 49.7 Å². The lowest BCUT2D eigenvalue weighted by Gasteiger charge is -2.14. The smallest absolute Gasteiger partial charge is 0.397 e. The van der Waals surface area contributed by atoms with Gasteiger partial charge in [-0.05, 0) is 55.5 Å². The van der Waals surface area contributed by atoms with Crippen LogP contribution in [0.4, 0.5) is 28.4 Å². The molecule has 0 heterocycles. The molecule has 47 heavy (non-hydrogen) atoms. The van der Waals surface area contributed by atoms with Crippen molar-refractivity contribution in [1.29, 1.82) is 0 Å². The molecule has 0 aliphatic carbocycles. The molecule has 0 aliphatic rings. The minimum atomic E-state index is -5.04. The third-order valence-corrected chi connectivity index (χ3v) is 9.82. The van der Waals surface area contributed by atoms with Crippen molar-refractivity contribution in [1.82, 2.24) is 0 Å². The van der Waals surface area contributed by atoms with Crippen LogP contribution in [0.25, 0.3) is 10.8 Å². The molecule has 4 aromatic rings. The highest BCUT2D eigenvalue weighted by molar-refractivity contribution is 7.94. The SMILES string of the molecule is Cc1ccc(N=Nc2cc3c(O)c(N=Nc4ccc(S(=O)(=O)CCOS(=O)(=O)O)cc4)c(SOOO)cc3c(S(=O)(=O)O)c2N)cc1. The molecule has 22 heteroatoms. The van der Waals surface area contributed by atoms with Gasteiger partial charge in [-0.3, -0.25) is 9.11 Å². The highest BCUT2D eigenvalue weighted by Crippen LogP contribution is 2.48. The maximum absolute atomic E-state index is 12.5. The lowest BCUT2D eigenvalue weighted by Crippen LogP contribution is -2.15. The van der Waals surface area contributed by atoms with Gasteiger partial charge in [-0.2, -0.15) is 27.1 Å². The van der Waals surface area contributed by atoms with Crippen molar-refractivity contribution in [2.75, 3.05) is 18.1 Å². The Bertz CT molecular complexity index is 2190. The zero-order valence-electron chi connectivity index (χ0n) is 23.7. The Hall–Kier alpha value is -4.10. The maximum Gasteiger partial charge on any atom is 0.397 e. The van der Waals surface area contributed by atoms with E-state index in [1.54, 1.807) is 24.3 Å². The van der Waals surface area contributed by atoms with E-state index in [0.29, 0.717) is 5.69 Å². The molecule has 0 amide bonds. The molecule has 0 fully saturated rings. The molecule has 0 saturated carbocycles. The topological polar surface area (TPSA) is 286 Å². The van der Waals surface area contributed by atoms with Gasteiger partial charge in [-0.25, -0.2) is 17.9 Å². The fraction of sp³-hybridized carbons (Fsp3) is 0.120. The standard InChI is InChI=1S/C25H23N5O13S4/c1-14-2-4-15(5-3-14)27-29-20-12-18-19(25(22(20)26)46(35,36)37)13-21(44-43-42-32)23(24(18)31)30-28-16-6-8-17(9-7-16)45(33,34)11-10-41-47(38,39)40/h2-9,12-13,31-32H,10-11,26H2,1H3,(H,35,36,37)(H,38,39,40). The number of rotatable bonds is 13. The summed E-state index contributed by atoms with van der Waals surface area (Å²) in [6.07, 6.45) is 0. The van der Waals surface area contributed by atoms with E-state index < -0.39 is 59.0 Å². The van der Waals surface area contributed by atoms with Crippen LogP contribution in [-0.4, -0.2) is 57.1 Å². The molecule has 0 saturated heterocycles. The Labute approximate surface area is 271 Å². The molecule has 0 aliphatic heterocycles. The summed E-state index contributed by atoms with van der Waals surface area (Å²) in [5, 5.41) is 39.0. The highest BCUT2D eigenvalue weighted by Gasteiger charge is 2.26. The van der Waals surface area contributed by atoms with Crippen molar-refractivity contribution < 1.29 is 58.3 Å². The molecule has 250 valence electrons. The maximum atomic E-state index is 12.5. The number of aromatic hydroxyl groups is 1. The van der Waals surface area contributed by atoms with E-state index >= 15 is 0 Å². The number of nitrogen functional groups attached to an aromatic ring is 1. The van der Waals surface area contributed by atoms with Crippen molar-refractivity contribution in [2.45, 2.75) is 21.6 Å². The fourth-order valence-electron chi connectivity index (χ4n) is 3.95. The summed E-state index contributed by atoms with van der Waals surface area (Å²) in [7, 11) is -13.9. The first-order chi connectivity index (χ1) is 22.0. The average Bonchev–Trinajstić information content (AvgIpc) is 2.98. The van der Waals surface area contributed by atoms with Crippen molar-refractivity contribution in [3.63, 3.8) is 0 Å². The highest BCUT2D eigenvalue weighted by atomic mass is 32.3. The second kappa shape index (κ2) is 14.3. The molecule has 0 atom stereocenters. The average molecular weight is 730 g/mol. The summed E-state index contributed by atoms with van der Waals surface area (Å²) in [6, 6.07) is 13.8. The predicted octanol–water partition coefficient (Wildman–Crippen LogP) is 5.53. The third kappa shape index (κ3) is 9.04. The van der Waals surface area contributed by atoms with E-state index in [4.69, 9.17) is 15.5 Å². The lowest BCUT2D eigenvalue weighted by atomic mass is 10.1. The molecule has 0 aromatic heterocycles. The number of azo groups is 2. The Kier molecular flexibility index (Phi) is 10.9. The van der Waals surface area contributed by atoms with Crippen molar-refractivity contribution >= 4 is 81.6 Å². The van der Waals surface area contributed by atoms with Crippen LogP contribution in [-0.2, 0) is 43.9 Å². The summed E-state index contributed by atoms with van der Waals surface area (Å²) in [5.41, 5.74) is 6.37. The minimum absolute atomic E-state index is 0.0522. The first-order valence-electron chi connectivity index (χ1n) is 12.6. The first kappa shape index (κ1) is 35.7. The number of anilines is 1. The first-order valence-corrected chi connectivity index (χ1v) is 17.8. The number of hydrogen-bond acceptors (Lipinski definition) is 17. The Morgan fingerprint density at radius 3 is 2.00 bits per heavy atom. The molecule has 6 N–H and O–H groups in total. The van der Waals surface area contributed by atoms with Crippen LogP contribution >= 0.6 is 12.0 Å². The van der Waals surface area contributed by atoms with Gasteiger partial charge in [0.1, 0.15) is 16.3 Å². The summed E-state index contributed by atoms with van der Waals surface area (Å²) in [5.74, 6) is -1.47. The number of sulfone groups is 1. The number of fused-ring (bicyclic) bond motifs is 1. The third-order valence-electron chi connectivity index (χ3n) is 6.09. The van der Waals surface area contributed by atoms with Crippen molar-refractivity contribution in [3.8, 4) is 5.75 Å². The Balaban J connectivity index is 1.79. The Morgan fingerprint density at radius 2 is 1.43 bits per heavy atom. The fourth-order valence-corrected chi connectivity index (χ4v) is 6.75. The number of nitrogens with zero attached hydrogens (tertiary/aromatic N) is 4. The van der Waals surface area contributed by atoms with Crippen LogP contribution in [0.15, 0.2) is 95.8 Å². The molecule has 18 nitrogen and oxygen atoms in total. The molecule has 0 spiro atoms. The lowest BCUT2D eigenvalue weighted by molar-refractivity contribution is -0.432. The summed E-state index contributed by atoms with van der Waals surface area (Å²) in [4.78, 5) is -1.25. The molecule has 0 bridgehead atoms. The van der Waals surface area contributed by atoms with Crippen LogP contribution < -0.4 is 5.73 Å². The summed E-state index contributed by atoms with van der Waals surface area (Å²) >= 11 is 0.267. The van der Waals surface area contributed by atoms with Gasteiger partial charge < -0.3 is 10.8 Å². The molecule has 4 rings (SSSR count). The molecule has 4 aromatic carbocycles. The molecule has 0 radical (unpaired) electrons. The Morgan fingerprint density at radius 1 is 0.830 bits per heavy atom. The van der Waals surface area contributed by atoms with Gasteiger partial charge in [0.2, 0.25) is 0 Å². The number of hydrogen-bond donors (Lipinski definition) is 5. The van der Waals surface area contributed by atoms with E-state index in [0.717, 1.165) is 23.8 Å². The van der Waals surface area contributed by atoms with Crippen LogP contribution in [0.3, 0.4) is 0 Å². The number of phenols is 1. The van der Waals surface area contributed by atoms with Gasteiger partial charge in [0.25, 0.3) is 10.1 Å². The largest absolute Gasteiger partial charge is 0.505 e. The van der Waals surface area contributed by atoms with Gasteiger partial charge in [-0.1, -0.05) is 22.7 Å². The van der Waals surface area contributed by atoms with E-state index in [9.17, 15) is 34.9 Å². The van der Waals surface area contributed by atoms with Crippen LogP contribution in [0.1, 0.15) is 5.56 Å². The predicted molar refractivity (Wildman–Crippen MR) is 166 cm³/mol. The number of aryl methyl sites for hydroxylation is 1. The van der Waals surface area contributed by atoms with Gasteiger partial charge in [0.05, 0.1) is 51.3 Å². The van der Waals surface area contributed by atoms with E-state index in [1.807, 2.05) is 6.92 Å². The van der Waals surface area contributed by atoms with Crippen molar-refractivity contribution in [2.24, 2.45) is 20.5 Å². The molecule has 0 unspecified atom stereocenters. The second-order valence-electron chi connectivity index (χ2n) is 9.30. The van der Waals surface area contributed by atoms with E-state index in [1.165, 1.54) is 18.2 Å². The van der Waals surface area contributed by atoms with Crippen LogP contribution in [0.5, 0.6) is 5.75 Å². The zero-order chi connectivity index (χ0) is 34.6. The van der Waals surface area contributed by atoms with Crippen molar-refractivity contribution in [3.05, 3.63) is 66.2 Å². The monoisotopic (exact) mass is 729 g/mol. The van der Waals surface area contributed by atoms with Crippen LogP contribution in [0.2, 0.25) is 0 Å². The quantitative estimate of drug-likeness (QED) is 0.0282. The minimum Gasteiger partial charge on any atom is -0.505 e. The zero-order valence-corrected chi connectivity index (χ0v) is 26.9. The molecular weight excluding hydrogens is 707 g/mol. The normalized spacial score (nSPS) is 12.9. The number of benzene rings is 4.